The molecule has 2 aromatic heterocycles. The molecule has 2 aliphatic rings. The van der Waals surface area contributed by atoms with Gasteiger partial charge in [-0.1, -0.05) is 50.2 Å². The van der Waals surface area contributed by atoms with Gasteiger partial charge in [-0.25, -0.2) is 18.7 Å². The molecule has 10 heteroatoms. The number of aromatic nitrogens is 3. The summed E-state index contributed by atoms with van der Waals surface area (Å²) < 4.78 is 17.2. The molecule has 2 fully saturated rings. The summed E-state index contributed by atoms with van der Waals surface area (Å²) in [5.74, 6) is -0.590. The molecule has 9 nitrogen and oxygen atoms in total. The van der Waals surface area contributed by atoms with Crippen molar-refractivity contribution >= 4 is 16.9 Å². The van der Waals surface area contributed by atoms with Crippen LogP contribution in [-0.2, 0) is 11.3 Å². The lowest BCUT2D eigenvalue weighted by molar-refractivity contribution is -0.128. The number of amides is 1. The number of carbonyl (C=O) groups excluding carboxylic acids is 1. The number of hydrogen-bond donors (Lipinski definition) is 1. The Balaban J connectivity index is 1.31. The highest BCUT2D eigenvalue weighted by Gasteiger charge is 2.52. The second kappa shape index (κ2) is 12.9. The molecule has 6 rings (SSSR count). The third kappa shape index (κ3) is 6.03. The summed E-state index contributed by atoms with van der Waals surface area (Å²) in [7, 11) is 3.86. The van der Waals surface area contributed by atoms with Gasteiger partial charge in [0.1, 0.15) is 5.82 Å². The molecule has 2 aromatic carbocycles. The predicted molar refractivity (Wildman–Crippen MR) is 179 cm³/mol. The van der Waals surface area contributed by atoms with E-state index in [1.54, 1.807) is 0 Å². The number of pyridine rings is 1. The van der Waals surface area contributed by atoms with Crippen LogP contribution in [0.3, 0.4) is 0 Å². The van der Waals surface area contributed by atoms with E-state index in [9.17, 15) is 18.8 Å². The van der Waals surface area contributed by atoms with Crippen LogP contribution < -0.4 is 16.6 Å². The minimum atomic E-state index is -0.638. The summed E-state index contributed by atoms with van der Waals surface area (Å²) in [5.41, 5.74) is 2.35. The van der Waals surface area contributed by atoms with Gasteiger partial charge in [-0.05, 0) is 101 Å². The monoisotopic (exact) mass is 626 g/mol. The Labute approximate surface area is 268 Å². The van der Waals surface area contributed by atoms with Crippen LogP contribution in [0.15, 0.2) is 70.4 Å². The molecule has 2 heterocycles. The third-order valence-electron chi connectivity index (χ3n) is 9.98. The van der Waals surface area contributed by atoms with Gasteiger partial charge in [0.25, 0.3) is 5.56 Å². The molecule has 0 spiro atoms. The Bertz CT molecular complexity index is 1850. The standard InChI is InChI=1S/C36H43FN6O3/c1-5-41(6-2)23-24-10-12-25(13-11-24)26-8-7-9-30(20-26)42-32-31(21-27(37)22-38-32)33(44)43(35(42)46)29-16-14-28(15-17-29)39-34(45)36(18-19-36)40(3)4/h7-13,20-22,28-29H,5-6,14-19,23H2,1-4H3,(H,39,45)/t28-,29+. The molecule has 2 saturated carbocycles. The van der Waals surface area contributed by atoms with Gasteiger partial charge >= 0.3 is 5.69 Å². The second-order valence-electron chi connectivity index (χ2n) is 12.9. The number of nitrogens with one attached hydrogen (secondary N) is 1. The Hall–Kier alpha value is -4.15. The van der Waals surface area contributed by atoms with E-state index in [-0.39, 0.29) is 29.0 Å². The van der Waals surface area contributed by atoms with Crippen molar-refractivity contribution in [1.82, 2.24) is 29.2 Å². The first-order chi connectivity index (χ1) is 22.1. The summed E-state index contributed by atoms with van der Waals surface area (Å²) in [6.07, 6.45) is 5.11. The first-order valence-electron chi connectivity index (χ1n) is 16.4. The molecule has 1 amide bonds. The molecule has 2 aliphatic carbocycles. The number of hydrogen-bond acceptors (Lipinski definition) is 6. The maximum Gasteiger partial charge on any atom is 0.337 e. The molecule has 4 aromatic rings. The zero-order valence-corrected chi connectivity index (χ0v) is 27.1. The fourth-order valence-corrected chi connectivity index (χ4v) is 6.86. The number of nitrogens with zero attached hydrogens (tertiary/aromatic N) is 5. The van der Waals surface area contributed by atoms with Crippen LogP contribution >= 0.6 is 0 Å². The number of rotatable bonds is 10. The molecule has 0 unspecified atom stereocenters. The van der Waals surface area contributed by atoms with E-state index in [0.29, 0.717) is 31.4 Å². The summed E-state index contributed by atoms with van der Waals surface area (Å²) in [6, 6.07) is 16.7. The van der Waals surface area contributed by atoms with Gasteiger partial charge in [0.2, 0.25) is 5.91 Å². The van der Waals surface area contributed by atoms with Crippen LogP contribution in [0.25, 0.3) is 27.8 Å². The van der Waals surface area contributed by atoms with Crippen molar-refractivity contribution in [3.63, 3.8) is 0 Å². The fourth-order valence-electron chi connectivity index (χ4n) is 6.86. The van der Waals surface area contributed by atoms with Gasteiger partial charge in [0.05, 0.1) is 22.8 Å². The lowest BCUT2D eigenvalue weighted by Gasteiger charge is -2.32. The minimum absolute atomic E-state index is 0.0197. The molecule has 0 radical (unpaired) electrons. The van der Waals surface area contributed by atoms with Gasteiger partial charge in [0, 0.05) is 18.6 Å². The maximum absolute atomic E-state index is 14.5. The highest BCUT2D eigenvalue weighted by atomic mass is 19.1. The fraction of sp³-hybridized carbons (Fsp3) is 0.444. The SMILES string of the molecule is CCN(CC)Cc1ccc(-c2cccc(-n3c(=O)n([C@H]4CC[C@@H](NC(=O)C5(N(C)C)CC5)CC4)c(=O)c4cc(F)cnc43)c2)cc1. The summed E-state index contributed by atoms with van der Waals surface area (Å²) in [5, 5.41) is 3.26. The van der Waals surface area contributed by atoms with E-state index in [2.05, 4.69) is 53.3 Å². The maximum atomic E-state index is 14.5. The smallest absolute Gasteiger partial charge is 0.337 e. The van der Waals surface area contributed by atoms with Gasteiger partial charge in [-0.2, -0.15) is 0 Å². The van der Waals surface area contributed by atoms with E-state index in [4.69, 9.17) is 0 Å². The number of carbonyl (C=O) groups is 1. The molecule has 46 heavy (non-hydrogen) atoms. The average Bonchev–Trinajstić information content (AvgIpc) is 3.88. The van der Waals surface area contributed by atoms with Crippen molar-refractivity contribution in [2.24, 2.45) is 0 Å². The highest BCUT2D eigenvalue weighted by molar-refractivity contribution is 5.89. The molecule has 0 bridgehead atoms. The number of benzene rings is 2. The van der Waals surface area contributed by atoms with E-state index < -0.39 is 22.6 Å². The third-order valence-corrected chi connectivity index (χ3v) is 9.98. The number of halogens is 1. The summed E-state index contributed by atoms with van der Waals surface area (Å²) in [6.45, 7) is 7.16. The molecule has 242 valence electrons. The van der Waals surface area contributed by atoms with Crippen molar-refractivity contribution in [3.8, 4) is 16.8 Å². The normalized spacial score (nSPS) is 19.1. The van der Waals surface area contributed by atoms with Crippen molar-refractivity contribution < 1.29 is 9.18 Å². The van der Waals surface area contributed by atoms with Gasteiger partial charge in [-0.15, -0.1) is 0 Å². The molecule has 0 aliphatic heterocycles. The van der Waals surface area contributed by atoms with Crippen molar-refractivity contribution in [2.75, 3.05) is 27.2 Å². The zero-order valence-electron chi connectivity index (χ0n) is 27.1. The lowest BCUT2D eigenvalue weighted by atomic mass is 9.90. The van der Waals surface area contributed by atoms with Crippen molar-refractivity contribution in [2.45, 2.75) is 76.5 Å². The van der Waals surface area contributed by atoms with E-state index >= 15 is 0 Å². The van der Waals surface area contributed by atoms with E-state index in [0.717, 1.165) is 55.9 Å². The Morgan fingerprint density at radius 3 is 2.30 bits per heavy atom. The first-order valence-corrected chi connectivity index (χ1v) is 16.4. The Kier molecular flexibility index (Phi) is 8.94. The van der Waals surface area contributed by atoms with E-state index in [1.165, 1.54) is 14.7 Å². The Morgan fingerprint density at radius 2 is 1.67 bits per heavy atom. The lowest BCUT2D eigenvalue weighted by Crippen LogP contribution is -2.50. The topological polar surface area (TPSA) is 92.5 Å². The van der Waals surface area contributed by atoms with Gasteiger partial charge < -0.3 is 5.32 Å². The number of likely N-dealkylation sites (N-methyl/N-ethyl adjacent to an activating group) is 1. The summed E-state index contributed by atoms with van der Waals surface area (Å²) in [4.78, 5) is 49.5. The van der Waals surface area contributed by atoms with Gasteiger partial charge in [0.15, 0.2) is 5.65 Å². The van der Waals surface area contributed by atoms with Gasteiger partial charge in [-0.3, -0.25) is 24.0 Å². The van der Waals surface area contributed by atoms with Crippen LogP contribution in [0.1, 0.15) is 64.0 Å². The first kappa shape index (κ1) is 31.8. The van der Waals surface area contributed by atoms with E-state index in [1.807, 2.05) is 43.3 Å². The quantitative estimate of drug-likeness (QED) is 0.270. The largest absolute Gasteiger partial charge is 0.352 e. The van der Waals surface area contributed by atoms with Crippen LogP contribution in [0.5, 0.6) is 0 Å². The van der Waals surface area contributed by atoms with Crippen LogP contribution in [-0.4, -0.2) is 68.6 Å². The molecule has 1 N–H and O–H groups in total. The highest BCUT2D eigenvalue weighted by Crippen LogP contribution is 2.40. The van der Waals surface area contributed by atoms with Crippen LogP contribution in [0, 0.1) is 5.82 Å². The average molecular weight is 627 g/mol. The molecular weight excluding hydrogens is 583 g/mol. The molecule has 0 saturated heterocycles. The van der Waals surface area contributed by atoms with Crippen LogP contribution in [0.4, 0.5) is 4.39 Å². The van der Waals surface area contributed by atoms with Crippen molar-refractivity contribution in [3.05, 3.63) is 93.0 Å². The summed E-state index contributed by atoms with van der Waals surface area (Å²) >= 11 is 0. The van der Waals surface area contributed by atoms with Crippen molar-refractivity contribution in [1.29, 1.82) is 0 Å². The minimum Gasteiger partial charge on any atom is -0.352 e. The predicted octanol–water partition coefficient (Wildman–Crippen LogP) is 4.89. The number of fused-ring (bicyclic) bond motifs is 1. The van der Waals surface area contributed by atoms with Crippen LogP contribution in [0.2, 0.25) is 0 Å². The molecule has 0 atom stereocenters. The molecular formula is C36H43FN6O3. The zero-order chi connectivity index (χ0) is 32.6. The second-order valence-corrected chi connectivity index (χ2v) is 12.9. The Morgan fingerprint density at radius 1 is 0.978 bits per heavy atom.